The van der Waals surface area contributed by atoms with Crippen LogP contribution in [0.25, 0.3) is 0 Å². The van der Waals surface area contributed by atoms with E-state index in [2.05, 4.69) is 22.1 Å². The summed E-state index contributed by atoms with van der Waals surface area (Å²) in [4.78, 5) is 6.88. The van der Waals surface area contributed by atoms with Crippen LogP contribution in [0.2, 0.25) is 0 Å². The molecule has 1 aliphatic heterocycles. The largest absolute Gasteiger partial charge is 0.382 e. The van der Waals surface area contributed by atoms with Crippen molar-refractivity contribution < 1.29 is 9.47 Å². The van der Waals surface area contributed by atoms with Crippen LogP contribution in [0.3, 0.4) is 0 Å². The van der Waals surface area contributed by atoms with Crippen LogP contribution >= 0.6 is 0 Å². The van der Waals surface area contributed by atoms with Gasteiger partial charge in [-0.25, -0.2) is 0 Å². The molecule has 1 rings (SSSR count). The molecular formula is C12H25N3O2. The average molecular weight is 243 g/mol. The molecule has 0 atom stereocenters. The van der Waals surface area contributed by atoms with Gasteiger partial charge in [-0.2, -0.15) is 0 Å². The zero-order chi connectivity index (χ0) is 12.3. The maximum Gasteiger partial charge on any atom is 0.193 e. The third-order valence-electron chi connectivity index (χ3n) is 2.67. The number of likely N-dealkylation sites (tertiary alicyclic amines) is 1. The number of guanidine groups is 1. The lowest BCUT2D eigenvalue weighted by Crippen LogP contribution is -2.39. The fourth-order valence-electron chi connectivity index (χ4n) is 1.82. The van der Waals surface area contributed by atoms with Crippen LogP contribution in [0.5, 0.6) is 0 Å². The van der Waals surface area contributed by atoms with Crippen LogP contribution in [-0.4, -0.2) is 64.0 Å². The minimum atomic E-state index is 0.645. The standard InChI is InChI=1S/C12H25N3O2/c1-3-13-12(15-7-4-5-8-15)14-6-9-17-11-10-16-2/h3-11H2,1-2H3,(H,13,14). The fourth-order valence-corrected chi connectivity index (χ4v) is 1.82. The van der Waals surface area contributed by atoms with Gasteiger partial charge in [0.1, 0.15) is 0 Å². The average Bonchev–Trinajstić information content (AvgIpc) is 2.86. The number of nitrogens with zero attached hydrogens (tertiary/aromatic N) is 2. The smallest absolute Gasteiger partial charge is 0.193 e. The zero-order valence-corrected chi connectivity index (χ0v) is 11.1. The van der Waals surface area contributed by atoms with Crippen LogP contribution in [0.1, 0.15) is 19.8 Å². The second-order valence-corrected chi connectivity index (χ2v) is 4.03. The minimum Gasteiger partial charge on any atom is -0.382 e. The molecule has 1 aliphatic rings. The number of hydrogen-bond donors (Lipinski definition) is 1. The Morgan fingerprint density at radius 1 is 1.24 bits per heavy atom. The molecule has 100 valence electrons. The van der Waals surface area contributed by atoms with Crippen LogP contribution in [0.4, 0.5) is 0 Å². The molecule has 5 nitrogen and oxygen atoms in total. The lowest BCUT2D eigenvalue weighted by Gasteiger charge is -2.20. The highest BCUT2D eigenvalue weighted by molar-refractivity contribution is 5.80. The normalized spacial score (nSPS) is 16.6. The van der Waals surface area contributed by atoms with Crippen molar-refractivity contribution in [2.75, 3.05) is 53.1 Å². The van der Waals surface area contributed by atoms with E-state index in [1.165, 1.54) is 12.8 Å². The van der Waals surface area contributed by atoms with E-state index in [1.54, 1.807) is 7.11 Å². The highest BCUT2D eigenvalue weighted by atomic mass is 16.5. The van der Waals surface area contributed by atoms with Crippen LogP contribution < -0.4 is 5.32 Å². The summed E-state index contributed by atoms with van der Waals surface area (Å²) in [5, 5.41) is 3.32. The Morgan fingerprint density at radius 3 is 2.65 bits per heavy atom. The van der Waals surface area contributed by atoms with Crippen molar-refractivity contribution in [3.63, 3.8) is 0 Å². The molecule has 0 bridgehead atoms. The Morgan fingerprint density at radius 2 is 2.00 bits per heavy atom. The molecule has 0 spiro atoms. The Hall–Kier alpha value is -0.810. The molecule has 0 aromatic rings. The summed E-state index contributed by atoms with van der Waals surface area (Å²) < 4.78 is 10.3. The first-order valence-electron chi connectivity index (χ1n) is 6.48. The number of methoxy groups -OCH3 is 1. The maximum absolute atomic E-state index is 5.39. The van der Waals surface area contributed by atoms with Gasteiger partial charge >= 0.3 is 0 Å². The second kappa shape index (κ2) is 9.24. The molecule has 0 aromatic carbocycles. The number of rotatable bonds is 7. The van der Waals surface area contributed by atoms with E-state index in [9.17, 15) is 0 Å². The van der Waals surface area contributed by atoms with Crippen LogP contribution in [0, 0.1) is 0 Å². The number of aliphatic imine (C=N–C) groups is 1. The zero-order valence-electron chi connectivity index (χ0n) is 11.1. The fraction of sp³-hybridized carbons (Fsp3) is 0.917. The topological polar surface area (TPSA) is 46.1 Å². The Labute approximate surface area is 104 Å². The van der Waals surface area contributed by atoms with Crippen molar-refractivity contribution in [2.45, 2.75) is 19.8 Å². The molecule has 0 unspecified atom stereocenters. The minimum absolute atomic E-state index is 0.645. The van der Waals surface area contributed by atoms with Gasteiger partial charge < -0.3 is 19.7 Å². The predicted molar refractivity (Wildman–Crippen MR) is 69.5 cm³/mol. The molecular weight excluding hydrogens is 218 g/mol. The van der Waals surface area contributed by atoms with E-state index >= 15 is 0 Å². The molecule has 0 aromatic heterocycles. The molecule has 17 heavy (non-hydrogen) atoms. The predicted octanol–water partition coefficient (Wildman–Crippen LogP) is 0.711. The SMILES string of the molecule is CCNC(=NCCOCCOC)N1CCCC1. The molecule has 5 heteroatoms. The van der Waals surface area contributed by atoms with Crippen molar-refractivity contribution in [3.05, 3.63) is 0 Å². The highest BCUT2D eigenvalue weighted by Gasteiger charge is 2.14. The number of hydrogen-bond acceptors (Lipinski definition) is 3. The summed E-state index contributed by atoms with van der Waals surface area (Å²) in [7, 11) is 1.68. The lowest BCUT2D eigenvalue weighted by molar-refractivity contribution is 0.0747. The van der Waals surface area contributed by atoms with E-state index < -0.39 is 0 Å². The van der Waals surface area contributed by atoms with Gasteiger partial charge in [-0.3, -0.25) is 4.99 Å². The van der Waals surface area contributed by atoms with Gasteiger partial charge in [0.05, 0.1) is 26.4 Å². The van der Waals surface area contributed by atoms with Crippen LogP contribution in [-0.2, 0) is 9.47 Å². The second-order valence-electron chi connectivity index (χ2n) is 4.03. The van der Waals surface area contributed by atoms with E-state index in [4.69, 9.17) is 9.47 Å². The first-order valence-corrected chi connectivity index (χ1v) is 6.48. The molecule has 1 N–H and O–H groups in total. The Kier molecular flexibility index (Phi) is 7.75. The van der Waals surface area contributed by atoms with Gasteiger partial charge in [-0.1, -0.05) is 0 Å². The number of ether oxygens (including phenoxy) is 2. The van der Waals surface area contributed by atoms with Crippen LogP contribution in [0.15, 0.2) is 4.99 Å². The van der Waals surface area contributed by atoms with E-state index in [-0.39, 0.29) is 0 Å². The van der Waals surface area contributed by atoms with E-state index in [1.807, 2.05) is 0 Å². The van der Waals surface area contributed by atoms with E-state index in [0.717, 1.165) is 25.6 Å². The summed E-state index contributed by atoms with van der Waals surface area (Å²) in [6, 6.07) is 0. The van der Waals surface area contributed by atoms with Gasteiger partial charge in [-0.05, 0) is 19.8 Å². The van der Waals surface area contributed by atoms with E-state index in [0.29, 0.717) is 26.4 Å². The molecule has 0 amide bonds. The molecule has 0 radical (unpaired) electrons. The first kappa shape index (κ1) is 14.3. The van der Waals surface area contributed by atoms with Crippen molar-refractivity contribution in [1.82, 2.24) is 10.2 Å². The molecule has 0 aliphatic carbocycles. The monoisotopic (exact) mass is 243 g/mol. The molecule has 1 fully saturated rings. The lowest BCUT2D eigenvalue weighted by atomic mass is 10.4. The maximum atomic E-state index is 5.39. The van der Waals surface area contributed by atoms with Gasteiger partial charge in [-0.15, -0.1) is 0 Å². The van der Waals surface area contributed by atoms with Crippen molar-refractivity contribution in [3.8, 4) is 0 Å². The summed E-state index contributed by atoms with van der Waals surface area (Å²) >= 11 is 0. The van der Waals surface area contributed by atoms with Gasteiger partial charge in [0.2, 0.25) is 0 Å². The molecule has 1 saturated heterocycles. The quantitative estimate of drug-likeness (QED) is 0.406. The first-order chi connectivity index (χ1) is 8.38. The van der Waals surface area contributed by atoms with Gasteiger partial charge in [0.25, 0.3) is 0 Å². The Bertz CT molecular complexity index is 216. The van der Waals surface area contributed by atoms with Crippen molar-refractivity contribution >= 4 is 5.96 Å². The summed E-state index contributed by atoms with van der Waals surface area (Å²) in [5.74, 6) is 1.03. The molecule has 0 saturated carbocycles. The molecule has 1 heterocycles. The van der Waals surface area contributed by atoms with Gasteiger partial charge in [0.15, 0.2) is 5.96 Å². The van der Waals surface area contributed by atoms with Gasteiger partial charge in [0, 0.05) is 26.7 Å². The third-order valence-corrected chi connectivity index (χ3v) is 2.67. The summed E-state index contributed by atoms with van der Waals surface area (Å²) in [5.41, 5.74) is 0. The summed E-state index contributed by atoms with van der Waals surface area (Å²) in [6.07, 6.45) is 2.55. The Balaban J connectivity index is 2.21. The highest BCUT2D eigenvalue weighted by Crippen LogP contribution is 2.07. The third kappa shape index (κ3) is 5.89. The number of nitrogens with one attached hydrogen (secondary N) is 1. The van der Waals surface area contributed by atoms with Crippen molar-refractivity contribution in [1.29, 1.82) is 0 Å². The van der Waals surface area contributed by atoms with Crippen molar-refractivity contribution in [2.24, 2.45) is 4.99 Å². The summed E-state index contributed by atoms with van der Waals surface area (Å²) in [6.45, 7) is 7.92.